The fourth-order valence-electron chi connectivity index (χ4n) is 6.26. The average Bonchev–Trinajstić information content (AvgIpc) is 3.47. The smallest absolute Gasteiger partial charge is 0.442 e. The van der Waals surface area contributed by atoms with Gasteiger partial charge in [-0.1, -0.05) is 25.0 Å². The summed E-state index contributed by atoms with van der Waals surface area (Å²) in [5.74, 6) is 1.38. The number of alkyl halides is 3. The molecule has 3 heterocycles. The Morgan fingerprint density at radius 1 is 0.717 bits per heavy atom. The summed E-state index contributed by atoms with van der Waals surface area (Å²) in [6.07, 6.45) is 3.90. The van der Waals surface area contributed by atoms with Crippen molar-refractivity contribution in [3.05, 3.63) is 57.7 Å². The molecule has 0 radical (unpaired) electrons. The molecule has 2 saturated heterocycles. The van der Waals surface area contributed by atoms with E-state index >= 15 is 0 Å². The van der Waals surface area contributed by atoms with Crippen LogP contribution in [0.2, 0.25) is 0 Å². The summed E-state index contributed by atoms with van der Waals surface area (Å²) in [6, 6.07) is 13.7. The fraction of sp³-hybridized carbons (Fsp3) is 0.647. The van der Waals surface area contributed by atoms with Crippen LogP contribution in [0.5, 0.6) is 11.5 Å². The zero-order valence-electron chi connectivity index (χ0n) is 25.9. The van der Waals surface area contributed by atoms with Crippen LogP contribution in [0.15, 0.2) is 58.8 Å². The van der Waals surface area contributed by atoms with Crippen molar-refractivity contribution in [2.45, 2.75) is 126 Å². The van der Waals surface area contributed by atoms with Gasteiger partial charge < -0.3 is 29.2 Å². The van der Waals surface area contributed by atoms with E-state index < -0.39 is 24.0 Å². The molecule has 2 aromatic carbocycles. The highest BCUT2D eigenvalue weighted by atomic mass is 127. The molecule has 2 N–H and O–H groups in total. The van der Waals surface area contributed by atoms with E-state index in [9.17, 15) is 23.4 Å². The predicted molar refractivity (Wildman–Crippen MR) is 174 cm³/mol. The Kier molecular flexibility index (Phi) is 12.6. The maximum Gasteiger partial charge on any atom is 0.442 e. The molecule has 5 rings (SSSR count). The molecule has 0 spiro atoms. The Labute approximate surface area is 282 Å². The largest absolute Gasteiger partial charge is 0.494 e. The van der Waals surface area contributed by atoms with Gasteiger partial charge in [-0.3, -0.25) is 0 Å². The zero-order chi connectivity index (χ0) is 32.6. The van der Waals surface area contributed by atoms with Crippen molar-refractivity contribution in [2.75, 3.05) is 13.2 Å². The molecule has 12 heteroatoms. The van der Waals surface area contributed by atoms with Gasteiger partial charge >= 0.3 is 11.8 Å². The molecule has 2 aromatic rings. The zero-order valence-corrected chi connectivity index (χ0v) is 28.1. The fourth-order valence-corrected chi connectivity index (χ4v) is 6.62. The first kappa shape index (κ1) is 35.3. The summed E-state index contributed by atoms with van der Waals surface area (Å²) in [5, 5.41) is 27.9. The van der Waals surface area contributed by atoms with Crippen molar-refractivity contribution < 1.29 is 42.3 Å². The van der Waals surface area contributed by atoms with Crippen LogP contribution in [0.3, 0.4) is 0 Å². The highest BCUT2D eigenvalue weighted by Gasteiger charge is 2.65. The van der Waals surface area contributed by atoms with E-state index in [1.165, 1.54) is 27.8 Å². The van der Waals surface area contributed by atoms with Crippen LogP contribution >= 0.6 is 22.6 Å². The third kappa shape index (κ3) is 9.55. The van der Waals surface area contributed by atoms with Gasteiger partial charge in [0.15, 0.2) is 0 Å². The Hall–Kier alpha value is -2.00. The molecule has 6 atom stereocenters. The van der Waals surface area contributed by atoms with Gasteiger partial charge in [-0.25, -0.2) is 0 Å². The molecular weight excluding hydrogens is 716 g/mol. The number of hydrogen-bond donors (Lipinski definition) is 2. The van der Waals surface area contributed by atoms with E-state index in [-0.39, 0.29) is 30.0 Å². The number of hydrogen-bond acceptors (Lipinski definition) is 8. The summed E-state index contributed by atoms with van der Waals surface area (Å²) in [4.78, 5) is 0. The number of ether oxygens (including phenoxy) is 4. The molecule has 0 unspecified atom stereocenters. The third-order valence-corrected chi connectivity index (χ3v) is 9.75. The van der Waals surface area contributed by atoms with E-state index in [1.54, 1.807) is 0 Å². The summed E-state index contributed by atoms with van der Waals surface area (Å²) in [7, 11) is 0. The predicted octanol–water partition coefficient (Wildman–Crippen LogP) is 7.87. The first-order valence-corrected chi connectivity index (χ1v) is 17.5. The van der Waals surface area contributed by atoms with Gasteiger partial charge in [0.2, 0.25) is 0 Å². The van der Waals surface area contributed by atoms with Gasteiger partial charge in [0.05, 0.1) is 49.8 Å². The number of aliphatic hydroxyl groups excluding tert-OH is 2. The number of halogens is 4. The van der Waals surface area contributed by atoms with Gasteiger partial charge in [-0.2, -0.15) is 13.2 Å². The number of benzene rings is 2. The minimum absolute atomic E-state index is 0.0167. The van der Waals surface area contributed by atoms with E-state index in [0.717, 1.165) is 70.0 Å². The van der Waals surface area contributed by atoms with Gasteiger partial charge in [-0.05, 0) is 123 Å². The normalized spacial score (nSPS) is 25.0. The molecule has 0 aromatic heterocycles. The topological polar surface area (TPSA) is 102 Å². The lowest BCUT2D eigenvalue weighted by Gasteiger charge is -2.24. The number of aliphatic hydroxyl groups is 2. The first-order valence-electron chi connectivity index (χ1n) is 16.4. The van der Waals surface area contributed by atoms with Crippen LogP contribution in [-0.2, 0) is 15.1 Å². The van der Waals surface area contributed by atoms with E-state index in [1.807, 2.05) is 24.3 Å². The van der Waals surface area contributed by atoms with Crippen LogP contribution in [0.25, 0.3) is 0 Å². The van der Waals surface area contributed by atoms with Crippen LogP contribution in [0, 0.1) is 3.57 Å². The molecular formula is C34H44F3IN2O6. The second-order valence-electron chi connectivity index (χ2n) is 12.5. The van der Waals surface area contributed by atoms with Crippen LogP contribution in [0.4, 0.5) is 13.2 Å². The Balaban J connectivity index is 0.890. The van der Waals surface area contributed by atoms with Crippen molar-refractivity contribution in [2.24, 2.45) is 10.2 Å². The lowest BCUT2D eigenvalue weighted by molar-refractivity contribution is -0.166. The summed E-state index contributed by atoms with van der Waals surface area (Å²) >= 11 is 2.27. The molecule has 0 bridgehead atoms. The van der Waals surface area contributed by atoms with E-state index in [2.05, 4.69) is 32.8 Å². The maximum atomic E-state index is 13.1. The molecule has 254 valence electrons. The lowest BCUT2D eigenvalue weighted by atomic mass is 10.0. The lowest BCUT2D eigenvalue weighted by Crippen LogP contribution is -2.33. The Bertz CT molecular complexity index is 1240. The molecule has 2 fully saturated rings. The molecule has 0 saturated carbocycles. The second kappa shape index (κ2) is 16.4. The highest BCUT2D eigenvalue weighted by molar-refractivity contribution is 14.1. The number of nitrogens with zero attached hydrogens (tertiary/aromatic N) is 2. The van der Waals surface area contributed by atoms with Gasteiger partial charge in [0.1, 0.15) is 11.5 Å². The van der Waals surface area contributed by atoms with Crippen molar-refractivity contribution in [1.29, 1.82) is 0 Å². The van der Waals surface area contributed by atoms with Crippen LogP contribution in [0.1, 0.15) is 82.6 Å². The first-order chi connectivity index (χ1) is 22.1. The monoisotopic (exact) mass is 760 g/mol. The SMILES string of the molecule is O[C@H](CCCCCOc1ccc(I)cc1)[C@H]1CC[C@H]([C@H]2CC[C@H]([C@H](O)CCCCCOc3ccc(C4(C(F)(F)F)N=N4)cc3)O2)O1. The number of rotatable bonds is 18. The van der Waals surface area contributed by atoms with Gasteiger partial charge in [-0.15, -0.1) is 10.2 Å². The molecule has 46 heavy (non-hydrogen) atoms. The van der Waals surface area contributed by atoms with Crippen LogP contribution < -0.4 is 9.47 Å². The second-order valence-corrected chi connectivity index (χ2v) is 13.7. The van der Waals surface area contributed by atoms with Crippen molar-refractivity contribution in [3.63, 3.8) is 0 Å². The molecule has 0 amide bonds. The van der Waals surface area contributed by atoms with Crippen LogP contribution in [-0.4, -0.2) is 66.2 Å². The maximum absolute atomic E-state index is 13.1. The Morgan fingerprint density at radius 3 is 1.61 bits per heavy atom. The molecule has 3 aliphatic heterocycles. The van der Waals surface area contributed by atoms with E-state index in [4.69, 9.17) is 18.9 Å². The Morgan fingerprint density at radius 2 is 1.17 bits per heavy atom. The van der Waals surface area contributed by atoms with E-state index in [0.29, 0.717) is 31.8 Å². The van der Waals surface area contributed by atoms with Gasteiger partial charge in [0.25, 0.3) is 0 Å². The third-order valence-electron chi connectivity index (χ3n) is 9.04. The minimum atomic E-state index is -4.54. The van der Waals surface area contributed by atoms with Crippen molar-refractivity contribution >= 4 is 22.6 Å². The molecule has 8 nitrogen and oxygen atoms in total. The quantitative estimate of drug-likeness (QED) is 0.119. The molecule has 0 aliphatic carbocycles. The van der Waals surface area contributed by atoms with Crippen molar-refractivity contribution in [1.82, 2.24) is 0 Å². The summed E-state index contributed by atoms with van der Waals surface area (Å²) in [5.41, 5.74) is -2.43. The van der Waals surface area contributed by atoms with Crippen molar-refractivity contribution in [3.8, 4) is 11.5 Å². The minimum Gasteiger partial charge on any atom is -0.494 e. The summed E-state index contributed by atoms with van der Waals surface area (Å²) < 4.78 is 64.5. The van der Waals surface area contributed by atoms with Gasteiger partial charge in [0, 0.05) is 9.13 Å². The average molecular weight is 761 g/mol. The number of unbranched alkanes of at least 4 members (excludes halogenated alkanes) is 4. The standard InChI is InChI=1S/C34H44F3IN2O6/c35-34(36,37)33(39-40-33)23-9-13-25(14-10-23)43-21-5-1-3-7-27(41)29-17-19-31(45-29)32-20-18-30(46-32)28(42)8-4-2-6-22-44-26-15-11-24(38)12-16-26/h9-16,27-32,41-42H,1-8,17-22H2/t27-,28-,29-,30-,31-,32-/m1/s1. The molecule has 3 aliphatic rings. The highest BCUT2D eigenvalue weighted by Crippen LogP contribution is 2.52. The summed E-state index contributed by atoms with van der Waals surface area (Å²) in [6.45, 7) is 1.10.